The molecule has 0 aliphatic heterocycles. The largest absolute Gasteiger partial charge is 0.271 e. The van der Waals surface area contributed by atoms with E-state index in [1.807, 2.05) is 18.2 Å². The number of hydrogen-bond donors (Lipinski definition) is 2. The highest BCUT2D eigenvalue weighted by Gasteiger charge is 2.11. The van der Waals surface area contributed by atoms with Gasteiger partial charge in [-0.05, 0) is 48.2 Å². The number of benzene rings is 2. The Bertz CT molecular complexity index is 572. The van der Waals surface area contributed by atoms with Crippen molar-refractivity contribution in [1.82, 2.24) is 5.43 Å². The van der Waals surface area contributed by atoms with Crippen LogP contribution in [0.4, 0.5) is 0 Å². The number of halogens is 2. The van der Waals surface area contributed by atoms with Crippen LogP contribution in [-0.2, 0) is 6.42 Å². The summed E-state index contributed by atoms with van der Waals surface area (Å²) >= 11 is 9.56. The topological polar surface area (TPSA) is 38.0 Å². The summed E-state index contributed by atoms with van der Waals surface area (Å²) in [5.74, 6) is 5.68. The number of nitrogens with two attached hydrogens (primary N) is 1. The lowest BCUT2D eigenvalue weighted by molar-refractivity contribution is 0.551. The molecule has 1 atom stereocenters. The van der Waals surface area contributed by atoms with Gasteiger partial charge in [0.25, 0.3) is 0 Å². The number of hydrazine groups is 1. The second-order valence-corrected chi connectivity index (χ2v) is 5.85. The highest BCUT2D eigenvalue weighted by atomic mass is 79.9. The molecule has 0 spiro atoms. The first-order valence-corrected chi connectivity index (χ1v) is 7.24. The van der Waals surface area contributed by atoms with Crippen molar-refractivity contribution >= 4 is 27.5 Å². The van der Waals surface area contributed by atoms with Crippen molar-refractivity contribution < 1.29 is 0 Å². The normalized spacial score (nSPS) is 12.4. The van der Waals surface area contributed by atoms with E-state index in [1.54, 1.807) is 0 Å². The molecule has 2 aromatic carbocycles. The van der Waals surface area contributed by atoms with Gasteiger partial charge in [0.2, 0.25) is 0 Å². The zero-order valence-electron chi connectivity index (χ0n) is 10.7. The maximum absolute atomic E-state index is 6.00. The van der Waals surface area contributed by atoms with E-state index in [2.05, 4.69) is 52.5 Å². The Kier molecular flexibility index (Phi) is 4.99. The molecule has 3 N–H and O–H groups in total. The number of nitrogens with one attached hydrogen (secondary N) is 1. The van der Waals surface area contributed by atoms with E-state index in [0.717, 1.165) is 27.0 Å². The SMILES string of the molecule is Cc1ccc(C(Cc2cccc(Cl)c2)NN)cc1Br. The second-order valence-electron chi connectivity index (χ2n) is 4.56. The molecule has 2 rings (SSSR count). The second kappa shape index (κ2) is 6.53. The van der Waals surface area contributed by atoms with Gasteiger partial charge in [0.1, 0.15) is 0 Å². The maximum Gasteiger partial charge on any atom is 0.0500 e. The fraction of sp³-hybridized carbons (Fsp3) is 0.200. The molecule has 0 saturated heterocycles. The highest BCUT2D eigenvalue weighted by Crippen LogP contribution is 2.24. The van der Waals surface area contributed by atoms with Gasteiger partial charge in [-0.2, -0.15) is 0 Å². The Hall–Kier alpha value is -0.870. The third-order valence-corrected chi connectivity index (χ3v) is 4.22. The first kappa shape index (κ1) is 14.5. The summed E-state index contributed by atoms with van der Waals surface area (Å²) in [7, 11) is 0. The van der Waals surface area contributed by atoms with Crippen LogP contribution in [0.1, 0.15) is 22.7 Å². The standard InChI is InChI=1S/C15H16BrClN2/c1-10-5-6-12(9-14(10)16)15(19-18)8-11-3-2-4-13(17)7-11/h2-7,9,15,19H,8,18H2,1H3. The van der Waals surface area contributed by atoms with Gasteiger partial charge < -0.3 is 0 Å². The molecule has 1 unspecified atom stereocenters. The van der Waals surface area contributed by atoms with Crippen molar-refractivity contribution in [2.45, 2.75) is 19.4 Å². The van der Waals surface area contributed by atoms with Crippen LogP contribution in [0.25, 0.3) is 0 Å². The van der Waals surface area contributed by atoms with Gasteiger partial charge in [0.05, 0.1) is 6.04 Å². The van der Waals surface area contributed by atoms with E-state index in [-0.39, 0.29) is 6.04 Å². The molecule has 0 aliphatic rings. The highest BCUT2D eigenvalue weighted by molar-refractivity contribution is 9.10. The summed E-state index contributed by atoms with van der Waals surface area (Å²) in [5.41, 5.74) is 6.39. The fourth-order valence-corrected chi connectivity index (χ4v) is 2.61. The zero-order valence-corrected chi connectivity index (χ0v) is 13.0. The number of hydrogen-bond acceptors (Lipinski definition) is 2. The average molecular weight is 340 g/mol. The van der Waals surface area contributed by atoms with E-state index in [4.69, 9.17) is 17.4 Å². The molecule has 0 radical (unpaired) electrons. The first-order chi connectivity index (χ1) is 9.10. The van der Waals surface area contributed by atoms with E-state index < -0.39 is 0 Å². The minimum Gasteiger partial charge on any atom is -0.271 e. The molecule has 2 nitrogen and oxygen atoms in total. The molecule has 0 aliphatic carbocycles. The zero-order chi connectivity index (χ0) is 13.8. The van der Waals surface area contributed by atoms with Crippen molar-refractivity contribution in [2.75, 3.05) is 0 Å². The smallest absolute Gasteiger partial charge is 0.0500 e. The molecular weight excluding hydrogens is 324 g/mol. The van der Waals surface area contributed by atoms with E-state index in [9.17, 15) is 0 Å². The van der Waals surface area contributed by atoms with Crippen molar-refractivity contribution in [3.63, 3.8) is 0 Å². The van der Waals surface area contributed by atoms with Crippen LogP contribution in [0.15, 0.2) is 46.9 Å². The average Bonchev–Trinajstić information content (AvgIpc) is 2.39. The van der Waals surface area contributed by atoms with Crippen LogP contribution >= 0.6 is 27.5 Å². The summed E-state index contributed by atoms with van der Waals surface area (Å²) in [4.78, 5) is 0. The molecule has 0 heterocycles. The van der Waals surface area contributed by atoms with Gasteiger partial charge in [-0.25, -0.2) is 0 Å². The van der Waals surface area contributed by atoms with Crippen LogP contribution < -0.4 is 11.3 Å². The molecule has 100 valence electrons. The van der Waals surface area contributed by atoms with Gasteiger partial charge >= 0.3 is 0 Å². The molecule has 0 saturated carbocycles. The Morgan fingerprint density at radius 2 is 2.05 bits per heavy atom. The predicted octanol–water partition coefficient (Wildman–Crippen LogP) is 4.16. The van der Waals surface area contributed by atoms with Crippen LogP contribution in [-0.4, -0.2) is 0 Å². The van der Waals surface area contributed by atoms with Crippen LogP contribution in [0.5, 0.6) is 0 Å². The first-order valence-electron chi connectivity index (χ1n) is 6.07. The predicted molar refractivity (Wildman–Crippen MR) is 84.1 cm³/mol. The lowest BCUT2D eigenvalue weighted by atomic mass is 9.98. The molecule has 0 fully saturated rings. The van der Waals surface area contributed by atoms with Crippen LogP contribution in [0, 0.1) is 6.92 Å². The summed E-state index contributed by atoms with van der Waals surface area (Å²) in [6.45, 7) is 2.07. The minimum atomic E-state index is 0.0652. The van der Waals surface area contributed by atoms with Crippen molar-refractivity contribution in [1.29, 1.82) is 0 Å². The molecule has 19 heavy (non-hydrogen) atoms. The van der Waals surface area contributed by atoms with Gasteiger partial charge in [0, 0.05) is 9.50 Å². The lowest BCUT2D eigenvalue weighted by Gasteiger charge is -2.17. The fourth-order valence-electron chi connectivity index (χ4n) is 2.00. The van der Waals surface area contributed by atoms with E-state index in [1.165, 1.54) is 5.56 Å². The van der Waals surface area contributed by atoms with Crippen molar-refractivity contribution in [3.8, 4) is 0 Å². The molecule has 0 aromatic heterocycles. The van der Waals surface area contributed by atoms with Crippen molar-refractivity contribution in [3.05, 3.63) is 68.7 Å². The summed E-state index contributed by atoms with van der Waals surface area (Å²) < 4.78 is 1.09. The van der Waals surface area contributed by atoms with Gasteiger partial charge in [0.15, 0.2) is 0 Å². The van der Waals surface area contributed by atoms with Gasteiger partial charge in [-0.15, -0.1) is 0 Å². The summed E-state index contributed by atoms with van der Waals surface area (Å²) in [6.07, 6.45) is 0.798. The summed E-state index contributed by atoms with van der Waals surface area (Å²) in [6, 6.07) is 14.2. The summed E-state index contributed by atoms with van der Waals surface area (Å²) in [5, 5.41) is 0.748. The van der Waals surface area contributed by atoms with Crippen molar-refractivity contribution in [2.24, 2.45) is 5.84 Å². The minimum absolute atomic E-state index is 0.0652. The van der Waals surface area contributed by atoms with Crippen LogP contribution in [0.3, 0.4) is 0 Å². The third-order valence-electron chi connectivity index (χ3n) is 3.13. The lowest BCUT2D eigenvalue weighted by Crippen LogP contribution is -2.29. The molecule has 0 amide bonds. The van der Waals surface area contributed by atoms with E-state index in [0.29, 0.717) is 0 Å². The monoisotopic (exact) mass is 338 g/mol. The number of rotatable bonds is 4. The molecule has 2 aromatic rings. The molecule has 0 bridgehead atoms. The maximum atomic E-state index is 6.00. The van der Waals surface area contributed by atoms with Crippen LogP contribution in [0.2, 0.25) is 5.02 Å². The Labute approximate surface area is 127 Å². The molecule has 4 heteroatoms. The number of aryl methyl sites for hydroxylation is 1. The molecular formula is C15H16BrClN2. The van der Waals surface area contributed by atoms with Gasteiger partial charge in [-0.3, -0.25) is 11.3 Å². The Morgan fingerprint density at radius 3 is 2.68 bits per heavy atom. The van der Waals surface area contributed by atoms with Gasteiger partial charge in [-0.1, -0.05) is 51.8 Å². The Morgan fingerprint density at radius 1 is 1.26 bits per heavy atom. The Balaban J connectivity index is 2.22. The quantitative estimate of drug-likeness (QED) is 0.648. The van der Waals surface area contributed by atoms with E-state index >= 15 is 0 Å². The third kappa shape index (κ3) is 3.80.